The van der Waals surface area contributed by atoms with Crippen LogP contribution in [0.15, 0.2) is 63.9 Å². The fourth-order valence-electron chi connectivity index (χ4n) is 4.60. The molecule has 0 bridgehead atoms. The van der Waals surface area contributed by atoms with Crippen molar-refractivity contribution in [3.63, 3.8) is 0 Å². The summed E-state index contributed by atoms with van der Waals surface area (Å²) >= 11 is 4.38. The molecule has 9 nitrogen and oxygen atoms in total. The third-order valence-electron chi connectivity index (χ3n) is 6.53. The summed E-state index contributed by atoms with van der Waals surface area (Å²) in [4.78, 5) is 21.8. The molecule has 0 aliphatic rings. The van der Waals surface area contributed by atoms with E-state index < -0.39 is 59.3 Å². The molecule has 0 aliphatic heterocycles. The fourth-order valence-corrected chi connectivity index (χ4v) is 6.51. The Hall–Kier alpha value is -3.99. The lowest BCUT2D eigenvalue weighted by molar-refractivity contribution is -0.174. The van der Waals surface area contributed by atoms with E-state index in [0.717, 1.165) is 36.0 Å². The van der Waals surface area contributed by atoms with Crippen LogP contribution in [0, 0.1) is 6.01 Å². The van der Waals surface area contributed by atoms with Gasteiger partial charge in [0.15, 0.2) is 15.7 Å². The molecule has 0 saturated carbocycles. The summed E-state index contributed by atoms with van der Waals surface area (Å²) < 4.78 is 109. The number of furan rings is 1. The number of alkyl halides is 5. The molecule has 19 heteroatoms. The summed E-state index contributed by atoms with van der Waals surface area (Å²) in [5.41, 5.74) is -0.858. The molecule has 0 spiro atoms. The molecule has 0 saturated heterocycles. The van der Waals surface area contributed by atoms with Crippen molar-refractivity contribution in [3.8, 4) is 22.3 Å². The SMILES string of the molecule is BC(B)(Oc1ccccc1C(F)(F)[C@H](Oc1ncnc2sc(-c3ccc(F)o3)c(Br)c12)C(=O)OCC)c1ccnn1CC(F)(F)F. The molecule has 0 amide bonds. The summed E-state index contributed by atoms with van der Waals surface area (Å²) in [6, 6.07) is 7.72. The van der Waals surface area contributed by atoms with Gasteiger partial charge in [-0.2, -0.15) is 31.4 Å². The normalized spacial score (nSPS) is 13.1. The van der Waals surface area contributed by atoms with Crippen molar-refractivity contribution in [2.24, 2.45) is 0 Å². The highest BCUT2D eigenvalue weighted by Crippen LogP contribution is 2.47. The number of hydrogen-bond acceptors (Lipinski definition) is 9. The third-order valence-corrected chi connectivity index (χ3v) is 8.69. The fraction of sp³-hybridized carbons (Fsp3) is 0.259. The van der Waals surface area contributed by atoms with E-state index in [1.54, 1.807) is 0 Å². The quantitative estimate of drug-likeness (QED) is 0.104. The molecule has 0 radical (unpaired) electrons. The second-order valence-electron chi connectivity index (χ2n) is 10.2. The Balaban J connectivity index is 1.54. The van der Waals surface area contributed by atoms with E-state index in [9.17, 15) is 22.4 Å². The molecule has 1 aromatic carbocycles. The van der Waals surface area contributed by atoms with Gasteiger partial charge in [-0.3, -0.25) is 4.68 Å². The number of para-hydroxylation sites is 1. The maximum Gasteiger partial charge on any atom is 0.408 e. The Morgan fingerprint density at radius 3 is 2.52 bits per heavy atom. The van der Waals surface area contributed by atoms with Crippen LogP contribution in [0.25, 0.3) is 20.9 Å². The molecule has 240 valence electrons. The van der Waals surface area contributed by atoms with Gasteiger partial charge in [-0.05, 0) is 47.1 Å². The number of thiophene rings is 1. The molecule has 5 aromatic rings. The number of fused-ring (bicyclic) bond motifs is 1. The Morgan fingerprint density at radius 1 is 1.11 bits per heavy atom. The molecule has 4 aromatic heterocycles. The molecular formula is C27H21B2BrF6N4O5S. The number of rotatable bonds is 11. The van der Waals surface area contributed by atoms with Gasteiger partial charge in [-0.1, -0.05) is 12.1 Å². The first kappa shape index (κ1) is 33.4. The van der Waals surface area contributed by atoms with E-state index >= 15 is 8.78 Å². The molecule has 0 aliphatic carbocycles. The Bertz CT molecular complexity index is 1880. The molecule has 5 rings (SSSR count). The lowest BCUT2D eigenvalue weighted by Crippen LogP contribution is -2.45. The number of esters is 1. The zero-order valence-corrected chi connectivity index (χ0v) is 26.5. The van der Waals surface area contributed by atoms with Crippen molar-refractivity contribution in [2.45, 2.75) is 37.1 Å². The van der Waals surface area contributed by atoms with Gasteiger partial charge in [0.25, 0.3) is 12.1 Å². The third kappa shape index (κ3) is 6.74. The van der Waals surface area contributed by atoms with Crippen molar-refractivity contribution in [1.82, 2.24) is 19.7 Å². The van der Waals surface area contributed by atoms with Crippen LogP contribution >= 0.6 is 27.3 Å². The highest BCUT2D eigenvalue weighted by Gasteiger charge is 2.52. The summed E-state index contributed by atoms with van der Waals surface area (Å²) in [6.07, 6.45) is -5.05. The van der Waals surface area contributed by atoms with Crippen LogP contribution in [0.4, 0.5) is 26.3 Å². The Labute approximate surface area is 270 Å². The van der Waals surface area contributed by atoms with Crippen LogP contribution < -0.4 is 9.47 Å². The van der Waals surface area contributed by atoms with Gasteiger partial charge in [-0.15, -0.1) is 11.3 Å². The number of benzene rings is 1. The lowest BCUT2D eigenvalue weighted by Gasteiger charge is -2.32. The smallest absolute Gasteiger partial charge is 0.408 e. The van der Waals surface area contributed by atoms with Gasteiger partial charge in [0.1, 0.15) is 29.2 Å². The molecular weight excluding hydrogens is 708 g/mol. The second kappa shape index (κ2) is 12.7. The topological polar surface area (TPSA) is 102 Å². The minimum atomic E-state index is -4.61. The second-order valence-corrected chi connectivity index (χ2v) is 12.0. The molecule has 1 atom stereocenters. The number of nitrogens with zero attached hydrogens (tertiary/aromatic N) is 4. The molecule has 46 heavy (non-hydrogen) atoms. The van der Waals surface area contributed by atoms with Gasteiger partial charge >= 0.3 is 18.1 Å². The predicted octanol–water partition coefficient (Wildman–Crippen LogP) is 5.17. The van der Waals surface area contributed by atoms with Crippen LogP contribution in [0.1, 0.15) is 18.2 Å². The highest BCUT2D eigenvalue weighted by molar-refractivity contribution is 9.10. The van der Waals surface area contributed by atoms with Crippen molar-refractivity contribution in [3.05, 3.63) is 76.7 Å². The van der Waals surface area contributed by atoms with Gasteiger partial charge in [0.2, 0.25) is 5.88 Å². The van der Waals surface area contributed by atoms with E-state index in [1.165, 1.54) is 52.9 Å². The summed E-state index contributed by atoms with van der Waals surface area (Å²) in [5, 5.41) is 2.21. The van der Waals surface area contributed by atoms with Crippen LogP contribution in [0.2, 0.25) is 0 Å². The number of hydrogen-bond donors (Lipinski definition) is 0. The van der Waals surface area contributed by atoms with Gasteiger partial charge in [0, 0.05) is 12.3 Å². The zero-order valence-electron chi connectivity index (χ0n) is 24.1. The maximum atomic E-state index is 16.6. The van der Waals surface area contributed by atoms with Crippen molar-refractivity contribution in [2.75, 3.05) is 6.61 Å². The van der Waals surface area contributed by atoms with E-state index in [-0.39, 0.29) is 32.8 Å². The molecule has 0 unspecified atom stereocenters. The van der Waals surface area contributed by atoms with Crippen LogP contribution in [-0.4, -0.2) is 60.3 Å². The molecule has 4 heterocycles. The number of halogens is 7. The van der Waals surface area contributed by atoms with Crippen molar-refractivity contribution < 1.29 is 49.8 Å². The molecule has 0 fully saturated rings. The van der Waals surface area contributed by atoms with E-state index in [1.807, 2.05) is 0 Å². The summed E-state index contributed by atoms with van der Waals surface area (Å²) in [7, 11) is 2.78. The monoisotopic (exact) mass is 728 g/mol. The van der Waals surface area contributed by atoms with Gasteiger partial charge < -0.3 is 18.6 Å². The van der Waals surface area contributed by atoms with E-state index in [4.69, 9.17) is 18.6 Å². The van der Waals surface area contributed by atoms with Gasteiger partial charge in [0.05, 0.1) is 38.0 Å². The van der Waals surface area contributed by atoms with E-state index in [0.29, 0.717) is 9.56 Å². The predicted molar refractivity (Wildman–Crippen MR) is 162 cm³/mol. The van der Waals surface area contributed by atoms with Crippen LogP contribution in [0.5, 0.6) is 11.6 Å². The van der Waals surface area contributed by atoms with Gasteiger partial charge in [-0.25, -0.2) is 14.8 Å². The van der Waals surface area contributed by atoms with Crippen molar-refractivity contribution >= 4 is 59.1 Å². The first-order chi connectivity index (χ1) is 21.6. The average molecular weight is 729 g/mol. The maximum absolute atomic E-state index is 16.6. The number of aromatic nitrogens is 4. The van der Waals surface area contributed by atoms with Crippen LogP contribution in [-0.2, 0) is 27.4 Å². The number of carbonyl (C=O) groups is 1. The first-order valence-corrected chi connectivity index (χ1v) is 15.0. The first-order valence-electron chi connectivity index (χ1n) is 13.4. The Kier molecular flexibility index (Phi) is 9.19. The summed E-state index contributed by atoms with van der Waals surface area (Å²) in [5.74, 6) is -6.33. The average Bonchev–Trinajstić information content (AvgIpc) is 3.70. The largest absolute Gasteiger partial charge is 0.499 e. The lowest BCUT2D eigenvalue weighted by atomic mass is 9.63. The number of carbonyl (C=O) groups excluding carboxylic acids is 1. The van der Waals surface area contributed by atoms with Crippen molar-refractivity contribution in [1.29, 1.82) is 0 Å². The zero-order chi connectivity index (χ0) is 33.4. The minimum absolute atomic E-state index is 0.0425. The minimum Gasteiger partial charge on any atom is -0.499 e. The van der Waals surface area contributed by atoms with E-state index in [2.05, 4.69) is 31.0 Å². The Morgan fingerprint density at radius 2 is 1.85 bits per heavy atom. The number of ether oxygens (including phenoxy) is 3. The standard InChI is InChI=1S/C27H21B2BrF6N4O5S/c1-2-42-24(41)21(44-22-18-19(30)20(15-7-8-17(31)43-15)46-23(18)38-12-37-22)26(35,36)13-5-3-4-6-14(13)45-27(28,29)16-9-10-39-40(16)11-25(32,33)34/h3-10,12,21H,2,11,28-29H2,1H3/t21-/m1/s1. The van der Waals surface area contributed by atoms with Crippen LogP contribution in [0.3, 0.4) is 0 Å². The molecule has 0 N–H and O–H groups in total. The highest BCUT2D eigenvalue weighted by atomic mass is 79.9. The summed E-state index contributed by atoms with van der Waals surface area (Å²) in [6.45, 7) is -0.274.